The van der Waals surface area contributed by atoms with Gasteiger partial charge in [-0.15, -0.1) is 0 Å². The van der Waals surface area contributed by atoms with Crippen molar-refractivity contribution in [2.24, 2.45) is 0 Å². The Hall–Kier alpha value is -1.22. The highest BCUT2D eigenvalue weighted by Gasteiger charge is 2.37. The fourth-order valence-electron chi connectivity index (χ4n) is 3.17. The maximum absolute atomic E-state index is 6.25. The summed E-state index contributed by atoms with van der Waals surface area (Å²) in [5.41, 5.74) is 10.1. The Bertz CT molecular complexity index is 695. The third kappa shape index (κ3) is 2.64. The van der Waals surface area contributed by atoms with Crippen LogP contribution in [0.15, 0.2) is 36.4 Å². The zero-order chi connectivity index (χ0) is 15.2. The number of nitrogens with one attached hydrogen (secondary N) is 1. The summed E-state index contributed by atoms with van der Waals surface area (Å²) < 4.78 is 0. The first-order valence-corrected chi connectivity index (χ1v) is 7.72. The molecular formula is C17H18Cl2N2. The first kappa shape index (κ1) is 14.7. The first-order chi connectivity index (χ1) is 9.88. The molecule has 0 saturated heterocycles. The molecule has 1 unspecified atom stereocenters. The largest absolute Gasteiger partial charge is 0.398 e. The van der Waals surface area contributed by atoms with E-state index < -0.39 is 0 Å². The minimum absolute atomic E-state index is 0.0862. The zero-order valence-corrected chi connectivity index (χ0v) is 13.6. The maximum atomic E-state index is 6.25. The molecule has 1 atom stereocenters. The van der Waals surface area contributed by atoms with E-state index in [1.807, 2.05) is 30.3 Å². The van der Waals surface area contributed by atoms with Gasteiger partial charge in [0.25, 0.3) is 0 Å². The van der Waals surface area contributed by atoms with Gasteiger partial charge in [0.05, 0.1) is 10.7 Å². The Labute approximate surface area is 135 Å². The van der Waals surface area contributed by atoms with Crippen LogP contribution in [0.3, 0.4) is 0 Å². The summed E-state index contributed by atoms with van der Waals surface area (Å²) in [6.45, 7) is 5.19. The monoisotopic (exact) mass is 320 g/mol. The minimum Gasteiger partial charge on any atom is -0.398 e. The van der Waals surface area contributed by atoms with Crippen LogP contribution in [0.2, 0.25) is 10.0 Å². The Balaban J connectivity index is 2.20. The van der Waals surface area contributed by atoms with Gasteiger partial charge < -0.3 is 11.1 Å². The molecule has 2 aromatic carbocycles. The predicted octanol–water partition coefficient (Wildman–Crippen LogP) is 4.59. The second-order valence-corrected chi connectivity index (χ2v) is 6.98. The zero-order valence-electron chi connectivity index (χ0n) is 12.1. The lowest BCUT2D eigenvalue weighted by molar-refractivity contribution is 0.324. The van der Waals surface area contributed by atoms with Crippen molar-refractivity contribution in [1.29, 1.82) is 0 Å². The molecule has 2 nitrogen and oxygen atoms in total. The predicted molar refractivity (Wildman–Crippen MR) is 90.1 cm³/mol. The molecule has 1 aliphatic heterocycles. The van der Waals surface area contributed by atoms with Gasteiger partial charge in [0.1, 0.15) is 0 Å². The number of anilines is 1. The standard InChI is InChI=1S/C17H18Cl2N2/c1-17(2)16(10-4-3-5-12(18)6-10)13-8-14(19)15(20)7-11(13)9-21-17/h3-8,16,21H,9,20H2,1-2H3. The van der Waals surface area contributed by atoms with Crippen LogP contribution in [0.25, 0.3) is 0 Å². The first-order valence-electron chi connectivity index (χ1n) is 6.97. The van der Waals surface area contributed by atoms with E-state index in [0.29, 0.717) is 10.7 Å². The Morgan fingerprint density at radius 2 is 1.95 bits per heavy atom. The van der Waals surface area contributed by atoms with E-state index in [1.165, 1.54) is 16.7 Å². The summed E-state index contributed by atoms with van der Waals surface area (Å²) in [5, 5.41) is 4.94. The fraction of sp³-hybridized carbons (Fsp3) is 0.294. The molecule has 0 fully saturated rings. The highest BCUT2D eigenvalue weighted by molar-refractivity contribution is 6.33. The van der Waals surface area contributed by atoms with Gasteiger partial charge in [-0.2, -0.15) is 0 Å². The summed E-state index contributed by atoms with van der Waals surface area (Å²) >= 11 is 12.4. The van der Waals surface area contributed by atoms with Gasteiger partial charge >= 0.3 is 0 Å². The normalized spacial score (nSPS) is 20.1. The molecule has 0 radical (unpaired) electrons. The van der Waals surface area contributed by atoms with Crippen molar-refractivity contribution in [3.8, 4) is 0 Å². The molecule has 0 bridgehead atoms. The average Bonchev–Trinajstić information content (AvgIpc) is 2.40. The molecule has 0 saturated carbocycles. The fourth-order valence-corrected chi connectivity index (χ4v) is 3.54. The molecule has 21 heavy (non-hydrogen) atoms. The lowest BCUT2D eigenvalue weighted by Crippen LogP contribution is -2.48. The number of hydrogen-bond donors (Lipinski definition) is 2. The van der Waals surface area contributed by atoms with Crippen LogP contribution in [0.1, 0.15) is 36.5 Å². The average molecular weight is 321 g/mol. The Kier molecular flexibility index (Phi) is 3.64. The van der Waals surface area contributed by atoms with Crippen molar-refractivity contribution >= 4 is 28.9 Å². The number of hydrogen-bond acceptors (Lipinski definition) is 2. The van der Waals surface area contributed by atoms with E-state index in [9.17, 15) is 0 Å². The van der Waals surface area contributed by atoms with Crippen LogP contribution in [0, 0.1) is 0 Å². The Morgan fingerprint density at radius 1 is 1.19 bits per heavy atom. The summed E-state index contributed by atoms with van der Waals surface area (Å²) in [6, 6.07) is 12.0. The van der Waals surface area contributed by atoms with Gasteiger partial charge in [-0.25, -0.2) is 0 Å². The van der Waals surface area contributed by atoms with E-state index in [2.05, 4.69) is 25.2 Å². The van der Waals surface area contributed by atoms with E-state index in [4.69, 9.17) is 28.9 Å². The van der Waals surface area contributed by atoms with E-state index in [-0.39, 0.29) is 11.5 Å². The lowest BCUT2D eigenvalue weighted by Gasteiger charge is -2.42. The third-order valence-electron chi connectivity index (χ3n) is 4.21. The van der Waals surface area contributed by atoms with Crippen LogP contribution in [-0.4, -0.2) is 5.54 Å². The summed E-state index contributed by atoms with van der Waals surface area (Å²) in [4.78, 5) is 0. The van der Waals surface area contributed by atoms with Crippen LogP contribution >= 0.6 is 23.2 Å². The lowest BCUT2D eigenvalue weighted by atomic mass is 9.73. The smallest absolute Gasteiger partial charge is 0.0638 e. The van der Waals surface area contributed by atoms with Gasteiger partial charge in [0, 0.05) is 23.0 Å². The number of nitrogen functional groups attached to an aromatic ring is 1. The molecule has 0 amide bonds. The molecule has 110 valence electrons. The highest BCUT2D eigenvalue weighted by atomic mass is 35.5. The molecule has 0 aromatic heterocycles. The summed E-state index contributed by atoms with van der Waals surface area (Å²) in [6.07, 6.45) is 0. The number of nitrogens with two attached hydrogens (primary N) is 1. The number of benzene rings is 2. The van der Waals surface area contributed by atoms with E-state index in [0.717, 1.165) is 11.6 Å². The minimum atomic E-state index is -0.0862. The molecule has 3 N–H and O–H groups in total. The molecule has 0 spiro atoms. The van der Waals surface area contributed by atoms with E-state index in [1.54, 1.807) is 0 Å². The summed E-state index contributed by atoms with van der Waals surface area (Å²) in [7, 11) is 0. The Morgan fingerprint density at radius 3 is 2.67 bits per heavy atom. The van der Waals surface area contributed by atoms with Gasteiger partial charge in [-0.05, 0) is 54.8 Å². The van der Waals surface area contributed by atoms with Crippen molar-refractivity contribution in [3.05, 3.63) is 63.1 Å². The maximum Gasteiger partial charge on any atom is 0.0638 e. The highest BCUT2D eigenvalue weighted by Crippen LogP contribution is 2.42. The third-order valence-corrected chi connectivity index (χ3v) is 4.77. The van der Waals surface area contributed by atoms with Crippen LogP contribution in [-0.2, 0) is 6.54 Å². The molecule has 4 heteroatoms. The van der Waals surface area contributed by atoms with Gasteiger partial charge in [-0.3, -0.25) is 0 Å². The van der Waals surface area contributed by atoms with Gasteiger partial charge in [0.15, 0.2) is 0 Å². The van der Waals surface area contributed by atoms with E-state index >= 15 is 0 Å². The van der Waals surface area contributed by atoms with Crippen molar-refractivity contribution < 1.29 is 0 Å². The SMILES string of the molecule is CC1(C)NCc2cc(N)c(Cl)cc2C1c1cccc(Cl)c1. The van der Waals surface area contributed by atoms with Gasteiger partial charge in [-0.1, -0.05) is 35.3 Å². The van der Waals surface area contributed by atoms with Gasteiger partial charge in [0.2, 0.25) is 0 Å². The second kappa shape index (κ2) is 5.20. The van der Waals surface area contributed by atoms with Crippen molar-refractivity contribution in [3.63, 3.8) is 0 Å². The van der Waals surface area contributed by atoms with Crippen LogP contribution in [0.5, 0.6) is 0 Å². The molecule has 0 aliphatic carbocycles. The molecule has 3 rings (SSSR count). The van der Waals surface area contributed by atoms with Crippen LogP contribution < -0.4 is 11.1 Å². The van der Waals surface area contributed by atoms with Crippen molar-refractivity contribution in [2.75, 3.05) is 5.73 Å². The molecule has 2 aromatic rings. The number of fused-ring (bicyclic) bond motifs is 1. The molecule has 1 aliphatic rings. The number of halogens is 2. The topological polar surface area (TPSA) is 38.0 Å². The van der Waals surface area contributed by atoms with Crippen LogP contribution in [0.4, 0.5) is 5.69 Å². The quantitative estimate of drug-likeness (QED) is 0.754. The molecule has 1 heterocycles. The molecular weight excluding hydrogens is 303 g/mol. The number of rotatable bonds is 1. The second-order valence-electron chi connectivity index (χ2n) is 6.14. The summed E-state index contributed by atoms with van der Waals surface area (Å²) in [5.74, 6) is 0.179. The van der Waals surface area contributed by atoms with Crippen molar-refractivity contribution in [2.45, 2.75) is 31.8 Å². The van der Waals surface area contributed by atoms with Crippen molar-refractivity contribution in [1.82, 2.24) is 5.32 Å².